The van der Waals surface area contributed by atoms with Crippen LogP contribution < -0.4 is 0 Å². The second-order valence-electron chi connectivity index (χ2n) is 2.00. The normalized spacial score (nSPS) is 10.1. The van der Waals surface area contributed by atoms with Gasteiger partial charge in [-0.25, -0.2) is 0 Å². The quantitative estimate of drug-likeness (QED) is 0.738. The molecule has 0 saturated heterocycles. The van der Waals surface area contributed by atoms with Crippen LogP contribution in [-0.4, -0.2) is 4.98 Å². The Labute approximate surface area is 83.9 Å². The SMILES string of the molecule is ClCc1ccc(Br)c(CCl)n1. The van der Waals surface area contributed by atoms with Gasteiger partial charge >= 0.3 is 0 Å². The van der Waals surface area contributed by atoms with Crippen molar-refractivity contribution in [2.75, 3.05) is 0 Å². The van der Waals surface area contributed by atoms with Gasteiger partial charge in [-0.15, -0.1) is 23.2 Å². The molecule has 11 heavy (non-hydrogen) atoms. The molecule has 0 saturated carbocycles. The maximum atomic E-state index is 5.63. The van der Waals surface area contributed by atoms with Crippen LogP contribution in [0.5, 0.6) is 0 Å². The number of alkyl halides is 2. The summed E-state index contributed by atoms with van der Waals surface area (Å²) in [6, 6.07) is 3.77. The Bertz CT molecular complexity index is 252. The molecule has 0 radical (unpaired) electrons. The van der Waals surface area contributed by atoms with Gasteiger partial charge in [-0.05, 0) is 28.1 Å². The first-order valence-electron chi connectivity index (χ1n) is 3.04. The van der Waals surface area contributed by atoms with Crippen LogP contribution in [0.15, 0.2) is 16.6 Å². The maximum absolute atomic E-state index is 5.63. The first kappa shape index (κ1) is 9.30. The van der Waals surface area contributed by atoms with Gasteiger partial charge in [-0.3, -0.25) is 4.98 Å². The molecule has 0 aliphatic rings. The van der Waals surface area contributed by atoms with Crippen LogP contribution in [0.1, 0.15) is 11.4 Å². The third-order valence-corrected chi connectivity index (χ3v) is 2.49. The summed E-state index contributed by atoms with van der Waals surface area (Å²) in [4.78, 5) is 4.20. The van der Waals surface area contributed by atoms with Crippen molar-refractivity contribution >= 4 is 39.1 Å². The Balaban J connectivity index is 3.02. The van der Waals surface area contributed by atoms with Crippen molar-refractivity contribution in [3.63, 3.8) is 0 Å². The summed E-state index contributed by atoms with van der Waals surface area (Å²) in [5.74, 6) is 0.836. The number of halogens is 3. The Hall–Kier alpha value is 0.210. The van der Waals surface area contributed by atoms with Crippen LogP contribution in [0.25, 0.3) is 0 Å². The number of hydrogen-bond acceptors (Lipinski definition) is 1. The zero-order chi connectivity index (χ0) is 8.27. The molecule has 1 aromatic heterocycles. The van der Waals surface area contributed by atoms with E-state index in [-0.39, 0.29) is 0 Å². The summed E-state index contributed by atoms with van der Waals surface area (Å²) in [7, 11) is 0. The lowest BCUT2D eigenvalue weighted by molar-refractivity contribution is 1.07. The summed E-state index contributed by atoms with van der Waals surface area (Å²) in [6.07, 6.45) is 0. The van der Waals surface area contributed by atoms with Gasteiger partial charge < -0.3 is 0 Å². The summed E-state index contributed by atoms with van der Waals surface area (Å²) >= 11 is 14.5. The number of rotatable bonds is 2. The summed E-state index contributed by atoms with van der Waals surface area (Å²) in [5, 5.41) is 0. The van der Waals surface area contributed by atoms with Gasteiger partial charge in [0.2, 0.25) is 0 Å². The number of aromatic nitrogens is 1. The zero-order valence-electron chi connectivity index (χ0n) is 5.65. The molecule has 0 atom stereocenters. The molecule has 1 aromatic rings. The molecule has 1 nitrogen and oxygen atoms in total. The third kappa shape index (κ3) is 2.32. The highest BCUT2D eigenvalue weighted by Gasteiger charge is 2.00. The maximum Gasteiger partial charge on any atom is 0.0696 e. The van der Waals surface area contributed by atoms with Crippen LogP contribution in [0.4, 0.5) is 0 Å². The molecular weight excluding hydrogens is 249 g/mol. The number of nitrogens with zero attached hydrogens (tertiary/aromatic N) is 1. The average Bonchev–Trinajstić information content (AvgIpc) is 2.05. The fraction of sp³-hybridized carbons (Fsp3) is 0.286. The van der Waals surface area contributed by atoms with E-state index in [1.54, 1.807) is 0 Å². The van der Waals surface area contributed by atoms with Crippen LogP contribution in [0.2, 0.25) is 0 Å². The lowest BCUT2D eigenvalue weighted by Crippen LogP contribution is -1.91. The van der Waals surface area contributed by atoms with Gasteiger partial charge in [0.15, 0.2) is 0 Å². The highest BCUT2D eigenvalue weighted by molar-refractivity contribution is 9.10. The predicted octanol–water partition coefficient (Wildman–Crippen LogP) is 3.32. The fourth-order valence-electron chi connectivity index (χ4n) is 0.698. The van der Waals surface area contributed by atoms with E-state index in [2.05, 4.69) is 20.9 Å². The zero-order valence-corrected chi connectivity index (χ0v) is 8.75. The summed E-state index contributed by atoms with van der Waals surface area (Å²) in [6.45, 7) is 0. The van der Waals surface area contributed by atoms with Gasteiger partial charge in [0.05, 0.1) is 23.1 Å². The van der Waals surface area contributed by atoms with E-state index in [1.165, 1.54) is 0 Å². The highest BCUT2D eigenvalue weighted by Crippen LogP contribution is 2.17. The molecular formula is C7H6BrCl2N. The number of hydrogen-bond donors (Lipinski definition) is 0. The molecule has 0 aliphatic heterocycles. The number of pyridine rings is 1. The van der Waals surface area contributed by atoms with Crippen molar-refractivity contribution in [2.24, 2.45) is 0 Å². The second kappa shape index (κ2) is 4.29. The molecule has 0 bridgehead atoms. The monoisotopic (exact) mass is 253 g/mol. The molecule has 0 unspecified atom stereocenters. The van der Waals surface area contributed by atoms with Crippen LogP contribution in [-0.2, 0) is 11.8 Å². The van der Waals surface area contributed by atoms with E-state index in [0.29, 0.717) is 11.8 Å². The topological polar surface area (TPSA) is 12.9 Å². The highest BCUT2D eigenvalue weighted by atomic mass is 79.9. The Morgan fingerprint density at radius 1 is 1.27 bits per heavy atom. The van der Waals surface area contributed by atoms with Gasteiger partial charge in [0, 0.05) is 4.47 Å². The van der Waals surface area contributed by atoms with Crippen molar-refractivity contribution in [2.45, 2.75) is 11.8 Å². The van der Waals surface area contributed by atoms with E-state index in [0.717, 1.165) is 15.9 Å². The second-order valence-corrected chi connectivity index (χ2v) is 3.39. The summed E-state index contributed by atoms with van der Waals surface area (Å²) < 4.78 is 0.932. The predicted molar refractivity (Wildman–Crippen MR) is 51.1 cm³/mol. The van der Waals surface area contributed by atoms with E-state index >= 15 is 0 Å². The molecule has 0 N–H and O–H groups in total. The lowest BCUT2D eigenvalue weighted by Gasteiger charge is -2.00. The van der Waals surface area contributed by atoms with Crippen LogP contribution in [0, 0.1) is 0 Å². The first-order valence-corrected chi connectivity index (χ1v) is 4.90. The standard InChI is InChI=1S/C7H6BrCl2N/c8-6-2-1-5(3-9)11-7(6)4-10/h1-2H,3-4H2. The Morgan fingerprint density at radius 2 is 2.00 bits per heavy atom. The van der Waals surface area contributed by atoms with Crippen LogP contribution in [0.3, 0.4) is 0 Å². The minimum absolute atomic E-state index is 0.408. The van der Waals surface area contributed by atoms with Gasteiger partial charge in [-0.1, -0.05) is 0 Å². The van der Waals surface area contributed by atoms with Gasteiger partial charge in [0.25, 0.3) is 0 Å². The smallest absolute Gasteiger partial charge is 0.0696 e. The van der Waals surface area contributed by atoms with Gasteiger partial charge in [-0.2, -0.15) is 0 Å². The molecule has 0 spiro atoms. The largest absolute Gasteiger partial charge is 0.254 e. The first-order chi connectivity index (χ1) is 5.27. The molecule has 0 amide bonds. The molecule has 4 heteroatoms. The molecule has 1 heterocycles. The van der Waals surface area contributed by atoms with E-state index in [1.807, 2.05) is 12.1 Å². The van der Waals surface area contributed by atoms with Crippen molar-refractivity contribution in [1.29, 1.82) is 0 Å². The van der Waals surface area contributed by atoms with E-state index < -0.39 is 0 Å². The minimum atomic E-state index is 0.408. The third-order valence-electron chi connectivity index (χ3n) is 1.24. The van der Waals surface area contributed by atoms with Crippen molar-refractivity contribution < 1.29 is 0 Å². The Kier molecular flexibility index (Phi) is 3.63. The average molecular weight is 255 g/mol. The van der Waals surface area contributed by atoms with Crippen molar-refractivity contribution in [3.8, 4) is 0 Å². The molecule has 0 aliphatic carbocycles. The van der Waals surface area contributed by atoms with Crippen LogP contribution >= 0.6 is 39.1 Å². The van der Waals surface area contributed by atoms with Crippen molar-refractivity contribution in [3.05, 3.63) is 28.0 Å². The van der Waals surface area contributed by atoms with Crippen molar-refractivity contribution in [1.82, 2.24) is 4.98 Å². The van der Waals surface area contributed by atoms with E-state index in [9.17, 15) is 0 Å². The molecule has 0 fully saturated rings. The van der Waals surface area contributed by atoms with E-state index in [4.69, 9.17) is 23.2 Å². The molecule has 1 rings (SSSR count). The summed E-state index contributed by atoms with van der Waals surface area (Å²) in [5.41, 5.74) is 1.69. The lowest BCUT2D eigenvalue weighted by atomic mass is 10.3. The molecule has 60 valence electrons. The van der Waals surface area contributed by atoms with Gasteiger partial charge in [0.1, 0.15) is 0 Å². The Morgan fingerprint density at radius 3 is 2.55 bits per heavy atom. The molecule has 0 aromatic carbocycles. The fourth-order valence-corrected chi connectivity index (χ4v) is 1.57. The minimum Gasteiger partial charge on any atom is -0.254 e.